The third-order valence-electron chi connectivity index (χ3n) is 2.98. The summed E-state index contributed by atoms with van der Waals surface area (Å²) < 4.78 is 5.32. The maximum atomic E-state index is 11.1. The van der Waals surface area contributed by atoms with Gasteiger partial charge in [-0.2, -0.15) is 0 Å². The molecule has 3 rings (SSSR count). The summed E-state index contributed by atoms with van der Waals surface area (Å²) in [7, 11) is 0. The van der Waals surface area contributed by atoms with Gasteiger partial charge in [-0.05, 0) is 12.1 Å². The lowest BCUT2D eigenvalue weighted by atomic mass is 10.2. The first-order valence-corrected chi connectivity index (χ1v) is 7.55. The molecule has 0 aliphatic carbocycles. The molecule has 5 nitrogen and oxygen atoms in total. The molecule has 2 heterocycles. The monoisotopic (exact) mass is 312 g/mol. The molecule has 22 heavy (non-hydrogen) atoms. The number of rotatable bonds is 5. The normalized spacial score (nSPS) is 10.5. The van der Waals surface area contributed by atoms with Gasteiger partial charge in [-0.1, -0.05) is 47.3 Å². The Morgan fingerprint density at radius 3 is 2.77 bits per heavy atom. The largest absolute Gasteiger partial charge is 0.478 e. The molecule has 6 heteroatoms. The number of carboxylic acid groups (broad SMARTS) is 1. The lowest BCUT2D eigenvalue weighted by molar-refractivity contribution is 0.0692. The van der Waals surface area contributed by atoms with Crippen LogP contribution in [0, 0.1) is 0 Å². The van der Waals surface area contributed by atoms with Gasteiger partial charge in [0.2, 0.25) is 0 Å². The highest BCUT2D eigenvalue weighted by molar-refractivity contribution is 7.98. The second-order valence-corrected chi connectivity index (χ2v) is 5.46. The standard InChI is InChI=1S/C16H12N2O3S/c19-16(20)13-7-4-8-17-15(13)22-10-12-9-14(21-18-12)11-5-2-1-3-6-11/h1-9H,10H2,(H,19,20). The van der Waals surface area contributed by atoms with E-state index >= 15 is 0 Å². The Morgan fingerprint density at radius 1 is 1.18 bits per heavy atom. The van der Waals surface area contributed by atoms with Gasteiger partial charge in [0.05, 0.1) is 11.3 Å². The topological polar surface area (TPSA) is 76.2 Å². The summed E-state index contributed by atoms with van der Waals surface area (Å²) in [6, 6.07) is 14.7. The van der Waals surface area contributed by atoms with Crippen LogP contribution in [0.3, 0.4) is 0 Å². The zero-order valence-corrected chi connectivity index (χ0v) is 12.3. The smallest absolute Gasteiger partial charge is 0.338 e. The molecule has 0 aliphatic heterocycles. The molecule has 0 fully saturated rings. The highest BCUT2D eigenvalue weighted by Gasteiger charge is 2.13. The molecule has 0 saturated heterocycles. The van der Waals surface area contributed by atoms with Gasteiger partial charge in [0.15, 0.2) is 5.76 Å². The highest BCUT2D eigenvalue weighted by Crippen LogP contribution is 2.26. The number of pyridine rings is 1. The Balaban J connectivity index is 1.73. The molecule has 0 spiro atoms. The van der Waals surface area contributed by atoms with Crippen LogP contribution in [-0.4, -0.2) is 21.2 Å². The summed E-state index contributed by atoms with van der Waals surface area (Å²) in [5.41, 5.74) is 1.89. The first-order valence-electron chi connectivity index (χ1n) is 6.56. The summed E-state index contributed by atoms with van der Waals surface area (Å²) in [4.78, 5) is 15.2. The van der Waals surface area contributed by atoms with Crippen LogP contribution in [0.5, 0.6) is 0 Å². The van der Waals surface area contributed by atoms with Gasteiger partial charge in [0.1, 0.15) is 5.03 Å². The maximum Gasteiger partial charge on any atom is 0.338 e. The van der Waals surface area contributed by atoms with Crippen molar-refractivity contribution in [3.05, 3.63) is 66.0 Å². The van der Waals surface area contributed by atoms with Crippen LogP contribution in [0.15, 0.2) is 64.3 Å². The Kier molecular flexibility index (Phi) is 4.20. The number of carboxylic acids is 1. The predicted octanol–water partition coefficient (Wildman–Crippen LogP) is 3.73. The van der Waals surface area contributed by atoms with Gasteiger partial charge >= 0.3 is 5.97 Å². The van der Waals surface area contributed by atoms with Crippen molar-refractivity contribution in [3.8, 4) is 11.3 Å². The second-order valence-electron chi connectivity index (χ2n) is 4.50. The van der Waals surface area contributed by atoms with Crippen molar-refractivity contribution >= 4 is 17.7 Å². The van der Waals surface area contributed by atoms with Gasteiger partial charge in [0, 0.05) is 23.6 Å². The summed E-state index contributed by atoms with van der Waals surface area (Å²) >= 11 is 1.32. The number of aromatic nitrogens is 2. The summed E-state index contributed by atoms with van der Waals surface area (Å²) in [5.74, 6) is 0.199. The molecule has 0 saturated carbocycles. The van der Waals surface area contributed by atoms with Crippen LogP contribution in [0.2, 0.25) is 0 Å². The number of hydrogen-bond acceptors (Lipinski definition) is 5. The SMILES string of the molecule is O=C(O)c1cccnc1SCc1cc(-c2ccccc2)on1. The Labute approximate surface area is 131 Å². The van der Waals surface area contributed by atoms with Crippen molar-refractivity contribution < 1.29 is 14.4 Å². The number of aromatic carboxylic acids is 1. The Morgan fingerprint density at radius 2 is 2.00 bits per heavy atom. The zero-order valence-electron chi connectivity index (χ0n) is 11.5. The van der Waals surface area contributed by atoms with Crippen molar-refractivity contribution in [1.29, 1.82) is 0 Å². The van der Waals surface area contributed by atoms with Gasteiger partial charge in [-0.25, -0.2) is 9.78 Å². The number of hydrogen-bond donors (Lipinski definition) is 1. The van der Waals surface area contributed by atoms with E-state index < -0.39 is 5.97 Å². The van der Waals surface area contributed by atoms with Crippen molar-refractivity contribution in [2.24, 2.45) is 0 Å². The van der Waals surface area contributed by atoms with Gasteiger partial charge in [-0.3, -0.25) is 0 Å². The fourth-order valence-electron chi connectivity index (χ4n) is 1.93. The van der Waals surface area contributed by atoms with E-state index in [0.29, 0.717) is 16.5 Å². The van der Waals surface area contributed by atoms with Crippen LogP contribution in [0.4, 0.5) is 0 Å². The first-order chi connectivity index (χ1) is 10.7. The van der Waals surface area contributed by atoms with Crippen molar-refractivity contribution in [2.75, 3.05) is 0 Å². The molecule has 0 atom stereocenters. The van der Waals surface area contributed by atoms with E-state index in [1.165, 1.54) is 17.8 Å². The number of benzene rings is 1. The van der Waals surface area contributed by atoms with Crippen molar-refractivity contribution in [2.45, 2.75) is 10.8 Å². The molecule has 1 aromatic carbocycles. The van der Waals surface area contributed by atoms with E-state index in [2.05, 4.69) is 10.1 Å². The quantitative estimate of drug-likeness (QED) is 0.723. The Bertz CT molecular complexity index is 787. The Hall–Kier alpha value is -2.60. The van der Waals surface area contributed by atoms with Crippen LogP contribution in [-0.2, 0) is 5.75 Å². The minimum absolute atomic E-state index is 0.194. The van der Waals surface area contributed by atoms with Crippen LogP contribution < -0.4 is 0 Å². The van der Waals surface area contributed by atoms with E-state index in [4.69, 9.17) is 9.63 Å². The molecule has 0 radical (unpaired) electrons. The molecule has 0 aliphatic rings. The fraction of sp³-hybridized carbons (Fsp3) is 0.0625. The first kappa shape index (κ1) is 14.3. The lowest BCUT2D eigenvalue weighted by Crippen LogP contribution is -2.00. The number of carbonyl (C=O) groups is 1. The number of nitrogens with zero attached hydrogens (tertiary/aromatic N) is 2. The molecule has 0 amide bonds. The van der Waals surface area contributed by atoms with E-state index in [-0.39, 0.29) is 5.56 Å². The second kappa shape index (κ2) is 6.44. The lowest BCUT2D eigenvalue weighted by Gasteiger charge is -2.02. The summed E-state index contributed by atoms with van der Waals surface area (Å²) in [6.07, 6.45) is 1.58. The van der Waals surface area contributed by atoms with Crippen LogP contribution in [0.1, 0.15) is 16.1 Å². The minimum Gasteiger partial charge on any atom is -0.478 e. The average molecular weight is 312 g/mol. The van der Waals surface area contributed by atoms with Gasteiger partial charge in [-0.15, -0.1) is 0 Å². The molecular formula is C16H12N2O3S. The van der Waals surface area contributed by atoms with Gasteiger partial charge in [0.25, 0.3) is 0 Å². The molecule has 0 bridgehead atoms. The summed E-state index contributed by atoms with van der Waals surface area (Å²) in [5, 5.41) is 13.6. The van der Waals surface area contributed by atoms with Crippen molar-refractivity contribution in [3.63, 3.8) is 0 Å². The van der Waals surface area contributed by atoms with E-state index in [9.17, 15) is 4.79 Å². The van der Waals surface area contributed by atoms with Crippen LogP contribution >= 0.6 is 11.8 Å². The molecule has 2 aromatic heterocycles. The van der Waals surface area contributed by atoms with E-state index in [0.717, 1.165) is 11.3 Å². The molecule has 0 unspecified atom stereocenters. The fourth-order valence-corrected chi connectivity index (χ4v) is 2.80. The third kappa shape index (κ3) is 3.17. The van der Waals surface area contributed by atoms with E-state index in [1.807, 2.05) is 36.4 Å². The number of thioether (sulfide) groups is 1. The molecule has 1 N–H and O–H groups in total. The highest BCUT2D eigenvalue weighted by atomic mass is 32.2. The molecule has 110 valence electrons. The predicted molar refractivity (Wildman–Crippen MR) is 82.7 cm³/mol. The third-order valence-corrected chi connectivity index (χ3v) is 4.01. The minimum atomic E-state index is -0.985. The van der Waals surface area contributed by atoms with E-state index in [1.54, 1.807) is 12.3 Å². The van der Waals surface area contributed by atoms with Crippen molar-refractivity contribution in [1.82, 2.24) is 10.1 Å². The molecular weight excluding hydrogens is 300 g/mol. The van der Waals surface area contributed by atoms with Crippen LogP contribution in [0.25, 0.3) is 11.3 Å². The van der Waals surface area contributed by atoms with Gasteiger partial charge < -0.3 is 9.63 Å². The average Bonchev–Trinajstić information content (AvgIpc) is 3.03. The summed E-state index contributed by atoms with van der Waals surface area (Å²) in [6.45, 7) is 0. The molecule has 3 aromatic rings. The maximum absolute atomic E-state index is 11.1. The zero-order chi connectivity index (χ0) is 15.4.